The van der Waals surface area contributed by atoms with Crippen LogP contribution in [0.5, 0.6) is 0 Å². The number of hydrogen-bond donors (Lipinski definition) is 2. The van der Waals surface area contributed by atoms with Crippen LogP contribution in [0.4, 0.5) is 0 Å². The molecule has 7 atom stereocenters. The third-order valence-corrected chi connectivity index (χ3v) is 8.72. The maximum Gasteiger partial charge on any atom is 0.309 e. The Balaban J connectivity index is 1.85. The fourth-order valence-corrected chi connectivity index (χ4v) is 5.64. The zero-order valence-electron chi connectivity index (χ0n) is 22.0. The lowest BCUT2D eigenvalue weighted by Gasteiger charge is -2.34. The summed E-state index contributed by atoms with van der Waals surface area (Å²) in [5.74, 6) is -1.55. The quantitative estimate of drug-likeness (QED) is 0.449. The van der Waals surface area contributed by atoms with Crippen LogP contribution in [0.25, 0.3) is 6.08 Å². The number of aliphatic hydroxyl groups is 2. The summed E-state index contributed by atoms with van der Waals surface area (Å²) < 4.78 is 11.9. The second-order valence-corrected chi connectivity index (χ2v) is 12.3. The fraction of sp³-hybridized carbons (Fsp3) is 0.741. The van der Waals surface area contributed by atoms with Crippen LogP contribution in [0.2, 0.25) is 0 Å². The molecule has 2 N–H and O–H groups in total. The first kappa shape index (κ1) is 28.0. The number of carbonyl (C=O) groups excluding carboxylic acids is 2. The number of ketones is 1. The van der Waals surface area contributed by atoms with Crippen molar-refractivity contribution in [2.75, 3.05) is 0 Å². The molecule has 7 nitrogen and oxygen atoms in total. The number of carbonyl (C=O) groups is 2. The normalized spacial score (nSPS) is 37.5. The molecule has 0 spiro atoms. The van der Waals surface area contributed by atoms with Gasteiger partial charge in [-0.25, -0.2) is 4.98 Å². The molecule has 0 aliphatic carbocycles. The number of epoxide rings is 1. The minimum absolute atomic E-state index is 0.0455. The monoisotopic (exact) mass is 507 g/mol. The van der Waals surface area contributed by atoms with Crippen molar-refractivity contribution < 1.29 is 29.3 Å². The van der Waals surface area contributed by atoms with Crippen LogP contribution >= 0.6 is 11.3 Å². The Morgan fingerprint density at radius 2 is 1.91 bits per heavy atom. The van der Waals surface area contributed by atoms with Gasteiger partial charge in [0.05, 0.1) is 46.5 Å². The predicted octanol–water partition coefficient (Wildman–Crippen LogP) is 4.48. The number of Topliss-reactive ketones (excluding diaryl/α,β-unsaturated/α-hetero) is 1. The summed E-state index contributed by atoms with van der Waals surface area (Å²) in [6, 6.07) is 0. The van der Waals surface area contributed by atoms with E-state index in [0.29, 0.717) is 6.42 Å². The standard InChI is InChI=1S/C27H41NO6S/c1-15-9-8-10-27(7)22(34-27)12-20(16(2)11-19-14-35-18(4)28-19)33-23(30)13-21(29)26(5,6)25(32)17(3)24(15)31/h11,14-15,17,20-22,24,29,31H,8-10,12-13H2,1-7H3/b16-11+/t15-,17?,20-,21-,22-,24-,27+/m0/s1. The molecule has 2 saturated heterocycles. The predicted molar refractivity (Wildman–Crippen MR) is 136 cm³/mol. The Hall–Kier alpha value is -1.61. The molecule has 0 radical (unpaired) electrons. The molecular weight excluding hydrogens is 466 g/mol. The van der Waals surface area contributed by atoms with Crippen LogP contribution in [0.1, 0.15) is 84.3 Å². The summed E-state index contributed by atoms with van der Waals surface area (Å²) in [6.45, 7) is 12.8. The SMILES string of the molecule is C/C(=C\c1csc(C)n1)[C@@H]1C[C@@H]2O[C@]2(C)CCC[C@H](C)[C@H](O)C(C)C(=O)C(C)(C)[C@@H](O)CC(=O)O1. The number of thiazole rings is 1. The average Bonchev–Trinajstić information content (AvgIpc) is 3.22. The van der Waals surface area contributed by atoms with Gasteiger partial charge in [0.15, 0.2) is 0 Å². The number of aryl methyl sites for hydroxylation is 1. The highest BCUT2D eigenvalue weighted by Gasteiger charge is 2.53. The molecule has 35 heavy (non-hydrogen) atoms. The van der Waals surface area contributed by atoms with E-state index in [0.717, 1.165) is 35.5 Å². The van der Waals surface area contributed by atoms with E-state index < -0.39 is 35.6 Å². The van der Waals surface area contributed by atoms with Gasteiger partial charge in [0.2, 0.25) is 0 Å². The lowest BCUT2D eigenvalue weighted by atomic mass is 9.73. The summed E-state index contributed by atoms with van der Waals surface area (Å²) in [7, 11) is 0. The van der Waals surface area contributed by atoms with Gasteiger partial charge in [0.1, 0.15) is 11.9 Å². The van der Waals surface area contributed by atoms with E-state index in [9.17, 15) is 19.8 Å². The molecule has 0 saturated carbocycles. The van der Waals surface area contributed by atoms with Crippen molar-refractivity contribution in [3.8, 4) is 0 Å². The van der Waals surface area contributed by atoms with E-state index in [1.807, 2.05) is 32.2 Å². The van der Waals surface area contributed by atoms with E-state index in [1.165, 1.54) is 0 Å². The number of esters is 1. The zero-order valence-corrected chi connectivity index (χ0v) is 22.9. The van der Waals surface area contributed by atoms with E-state index >= 15 is 0 Å². The number of rotatable bonds is 2. The van der Waals surface area contributed by atoms with Crippen molar-refractivity contribution in [3.63, 3.8) is 0 Å². The number of aromatic nitrogens is 1. The molecule has 2 fully saturated rings. The summed E-state index contributed by atoms with van der Waals surface area (Å²) >= 11 is 1.56. The summed E-state index contributed by atoms with van der Waals surface area (Å²) in [5, 5.41) is 24.6. The summed E-state index contributed by atoms with van der Waals surface area (Å²) in [5.41, 5.74) is 0.179. The number of aliphatic hydroxyl groups excluding tert-OH is 2. The first-order chi connectivity index (χ1) is 16.2. The summed E-state index contributed by atoms with van der Waals surface area (Å²) in [4.78, 5) is 30.6. The molecule has 2 aliphatic rings. The number of cyclic esters (lactones) is 1. The highest BCUT2D eigenvalue weighted by molar-refractivity contribution is 7.09. The van der Waals surface area contributed by atoms with Crippen LogP contribution in [-0.4, -0.2) is 57.0 Å². The average molecular weight is 508 g/mol. The van der Waals surface area contributed by atoms with Crippen molar-refractivity contribution in [2.45, 2.75) is 111 Å². The van der Waals surface area contributed by atoms with Crippen LogP contribution in [0.15, 0.2) is 11.0 Å². The van der Waals surface area contributed by atoms with E-state index in [2.05, 4.69) is 11.9 Å². The number of fused-ring (bicyclic) bond motifs is 1. The highest BCUT2D eigenvalue weighted by atomic mass is 32.1. The Kier molecular flexibility index (Phi) is 8.62. The van der Waals surface area contributed by atoms with Gasteiger partial charge in [-0.1, -0.05) is 34.1 Å². The minimum Gasteiger partial charge on any atom is -0.458 e. The molecule has 1 aromatic heterocycles. The maximum atomic E-state index is 13.2. The lowest BCUT2D eigenvalue weighted by molar-refractivity contribution is -0.154. The Bertz CT molecular complexity index is 955. The molecule has 8 heteroatoms. The Morgan fingerprint density at radius 3 is 2.54 bits per heavy atom. The van der Waals surface area contributed by atoms with Gasteiger partial charge in [-0.15, -0.1) is 11.3 Å². The third kappa shape index (κ3) is 6.59. The van der Waals surface area contributed by atoms with E-state index in [1.54, 1.807) is 32.1 Å². The van der Waals surface area contributed by atoms with E-state index in [-0.39, 0.29) is 29.8 Å². The molecule has 1 unspecified atom stereocenters. The molecule has 2 aliphatic heterocycles. The zero-order chi connectivity index (χ0) is 26.1. The third-order valence-electron chi connectivity index (χ3n) is 7.93. The minimum atomic E-state index is -1.23. The van der Waals surface area contributed by atoms with Gasteiger partial charge in [-0.2, -0.15) is 0 Å². The fourth-order valence-electron chi connectivity index (χ4n) is 5.07. The largest absolute Gasteiger partial charge is 0.458 e. The lowest BCUT2D eigenvalue weighted by Crippen LogP contribution is -2.45. The van der Waals surface area contributed by atoms with Gasteiger partial charge in [-0.05, 0) is 51.2 Å². The van der Waals surface area contributed by atoms with Crippen molar-refractivity contribution in [3.05, 3.63) is 21.7 Å². The highest BCUT2D eigenvalue weighted by Crippen LogP contribution is 2.45. The second-order valence-electron chi connectivity index (χ2n) is 11.3. The molecule has 0 aromatic carbocycles. The second kappa shape index (κ2) is 10.8. The molecule has 0 amide bonds. The van der Waals surface area contributed by atoms with Crippen molar-refractivity contribution in [2.24, 2.45) is 17.3 Å². The van der Waals surface area contributed by atoms with E-state index in [4.69, 9.17) is 9.47 Å². The van der Waals surface area contributed by atoms with Gasteiger partial charge >= 0.3 is 5.97 Å². The van der Waals surface area contributed by atoms with Crippen LogP contribution in [0, 0.1) is 24.2 Å². The maximum absolute atomic E-state index is 13.2. The first-order valence-electron chi connectivity index (χ1n) is 12.6. The Morgan fingerprint density at radius 1 is 1.23 bits per heavy atom. The van der Waals surface area contributed by atoms with Gasteiger partial charge < -0.3 is 19.7 Å². The number of ether oxygens (including phenoxy) is 2. The summed E-state index contributed by atoms with van der Waals surface area (Å²) in [6.07, 6.45) is 1.98. The Labute approximate surface area is 212 Å². The first-order valence-corrected chi connectivity index (χ1v) is 13.5. The van der Waals surface area contributed by atoms with Crippen molar-refractivity contribution >= 4 is 29.2 Å². The molecular formula is C27H41NO6S. The van der Waals surface area contributed by atoms with Gasteiger partial charge in [0.25, 0.3) is 0 Å². The molecule has 196 valence electrons. The molecule has 3 heterocycles. The molecule has 3 rings (SSSR count). The van der Waals surface area contributed by atoms with Gasteiger partial charge in [0, 0.05) is 17.7 Å². The molecule has 1 aromatic rings. The van der Waals surface area contributed by atoms with Gasteiger partial charge in [-0.3, -0.25) is 9.59 Å². The van der Waals surface area contributed by atoms with Crippen LogP contribution in [0.3, 0.4) is 0 Å². The van der Waals surface area contributed by atoms with Crippen molar-refractivity contribution in [1.82, 2.24) is 4.98 Å². The smallest absolute Gasteiger partial charge is 0.309 e. The van der Waals surface area contributed by atoms with Crippen LogP contribution < -0.4 is 0 Å². The topological polar surface area (TPSA) is 109 Å². The van der Waals surface area contributed by atoms with Crippen molar-refractivity contribution in [1.29, 1.82) is 0 Å². The number of nitrogens with zero attached hydrogens (tertiary/aromatic N) is 1. The van der Waals surface area contributed by atoms with Crippen LogP contribution in [-0.2, 0) is 19.1 Å². The molecule has 0 bridgehead atoms. The number of hydrogen-bond acceptors (Lipinski definition) is 8.